The van der Waals surface area contributed by atoms with Crippen LogP contribution in [0.3, 0.4) is 0 Å². The molecule has 0 radical (unpaired) electrons. The Hall–Kier alpha value is -3.14. The summed E-state index contributed by atoms with van der Waals surface area (Å²) in [6.07, 6.45) is 2.97. The van der Waals surface area contributed by atoms with E-state index in [9.17, 15) is 14.4 Å². The lowest BCUT2D eigenvalue weighted by molar-refractivity contribution is 0.0994. The molecule has 3 rings (SSSR count). The molecule has 1 fully saturated rings. The van der Waals surface area contributed by atoms with E-state index in [1.54, 1.807) is 12.1 Å². The lowest BCUT2D eigenvalue weighted by Crippen LogP contribution is -2.38. The van der Waals surface area contributed by atoms with Gasteiger partial charge in [0.05, 0.1) is 11.3 Å². The molecule has 0 bridgehead atoms. The minimum Gasteiger partial charge on any atom is -0.490 e. The highest BCUT2D eigenvalue weighted by atomic mass is 19.1. The number of nitrogens with two attached hydrogens (primary N) is 1. The van der Waals surface area contributed by atoms with Crippen LogP contribution in [0.1, 0.15) is 28.9 Å². The molecule has 1 amide bonds. The van der Waals surface area contributed by atoms with Crippen LogP contribution in [0.2, 0.25) is 0 Å². The van der Waals surface area contributed by atoms with Crippen LogP contribution in [0.25, 0.3) is 0 Å². The van der Waals surface area contributed by atoms with Crippen LogP contribution < -0.4 is 15.4 Å². The van der Waals surface area contributed by atoms with Gasteiger partial charge in [0.2, 0.25) is 0 Å². The monoisotopic (exact) mass is 340 g/mol. The van der Waals surface area contributed by atoms with Crippen molar-refractivity contribution >= 4 is 11.6 Å². The van der Waals surface area contributed by atoms with Gasteiger partial charge in [0.1, 0.15) is 29.4 Å². The van der Waals surface area contributed by atoms with Crippen LogP contribution in [-0.2, 0) is 0 Å². The number of nitrogens with zero attached hydrogens (tertiary/aromatic N) is 3. The maximum Gasteiger partial charge on any atom is 0.267 e. The highest BCUT2D eigenvalue weighted by Gasteiger charge is 2.23. The third-order valence-corrected chi connectivity index (χ3v) is 4.15. The summed E-state index contributed by atoms with van der Waals surface area (Å²) in [6.45, 7) is 1.39. The molecule has 0 spiro atoms. The molecular formula is C18H17FN4O2. The van der Waals surface area contributed by atoms with E-state index in [4.69, 9.17) is 10.5 Å². The van der Waals surface area contributed by atoms with Gasteiger partial charge < -0.3 is 15.4 Å². The van der Waals surface area contributed by atoms with Gasteiger partial charge in [-0.3, -0.25) is 9.78 Å². The second-order valence-electron chi connectivity index (χ2n) is 5.82. The number of amides is 1. The Morgan fingerprint density at radius 3 is 2.76 bits per heavy atom. The van der Waals surface area contributed by atoms with Gasteiger partial charge in [0.15, 0.2) is 0 Å². The number of anilines is 1. The summed E-state index contributed by atoms with van der Waals surface area (Å²) in [5.74, 6) is -0.455. The van der Waals surface area contributed by atoms with Gasteiger partial charge in [-0.05, 0) is 24.3 Å². The van der Waals surface area contributed by atoms with Crippen molar-refractivity contribution in [1.82, 2.24) is 4.98 Å². The van der Waals surface area contributed by atoms with Crippen LogP contribution in [0.4, 0.5) is 10.1 Å². The summed E-state index contributed by atoms with van der Waals surface area (Å²) < 4.78 is 19.2. The lowest BCUT2D eigenvalue weighted by atomic mass is 10.0. The Labute approximate surface area is 144 Å². The van der Waals surface area contributed by atoms with Crippen LogP contribution in [0, 0.1) is 17.1 Å². The Kier molecular flexibility index (Phi) is 4.80. The molecule has 2 aromatic rings. The summed E-state index contributed by atoms with van der Waals surface area (Å²) in [4.78, 5) is 17.1. The maximum atomic E-state index is 13.3. The third kappa shape index (κ3) is 3.86. The standard InChI is InChI=1S/C18H17FN4O2/c19-13-1-2-17(12(9-13)11-20)23-7-4-14(5-8-23)25-15-3-6-22-16(10-15)18(21)24/h1-3,6,9-10,14H,4-5,7-8H2,(H2,21,24). The second-order valence-corrected chi connectivity index (χ2v) is 5.82. The number of carbonyl (C=O) groups is 1. The predicted molar refractivity (Wildman–Crippen MR) is 89.7 cm³/mol. The summed E-state index contributed by atoms with van der Waals surface area (Å²) in [7, 11) is 0. The van der Waals surface area contributed by atoms with Gasteiger partial charge in [-0.2, -0.15) is 5.26 Å². The van der Waals surface area contributed by atoms with Gasteiger partial charge in [-0.15, -0.1) is 0 Å². The van der Waals surface area contributed by atoms with E-state index < -0.39 is 11.7 Å². The van der Waals surface area contributed by atoms with Crippen molar-refractivity contribution in [2.75, 3.05) is 18.0 Å². The van der Waals surface area contributed by atoms with E-state index in [1.165, 1.54) is 24.4 Å². The highest BCUT2D eigenvalue weighted by molar-refractivity contribution is 5.91. The summed E-state index contributed by atoms with van der Waals surface area (Å²) >= 11 is 0. The number of ether oxygens (including phenoxy) is 1. The molecule has 1 aromatic heterocycles. The topological polar surface area (TPSA) is 92.2 Å². The van der Waals surface area contributed by atoms with Crippen molar-refractivity contribution in [2.45, 2.75) is 18.9 Å². The summed E-state index contributed by atoms with van der Waals surface area (Å²) in [5, 5.41) is 9.18. The SMILES string of the molecule is N#Cc1cc(F)ccc1N1CCC(Oc2ccnc(C(N)=O)c2)CC1. The molecule has 25 heavy (non-hydrogen) atoms. The minimum absolute atomic E-state index is 0.00893. The number of halogens is 1. The Bertz CT molecular complexity index is 826. The van der Waals surface area contributed by atoms with Crippen molar-refractivity contribution < 1.29 is 13.9 Å². The molecular weight excluding hydrogens is 323 g/mol. The average molecular weight is 340 g/mol. The second kappa shape index (κ2) is 7.18. The van der Waals surface area contributed by atoms with Crippen LogP contribution in [0.5, 0.6) is 5.75 Å². The third-order valence-electron chi connectivity index (χ3n) is 4.15. The zero-order valence-electron chi connectivity index (χ0n) is 13.5. The van der Waals surface area contributed by atoms with Crippen molar-refractivity contribution in [3.63, 3.8) is 0 Å². The maximum absolute atomic E-state index is 13.3. The van der Waals surface area contributed by atoms with Crippen molar-refractivity contribution in [3.8, 4) is 11.8 Å². The quantitative estimate of drug-likeness (QED) is 0.921. The van der Waals surface area contributed by atoms with Gasteiger partial charge in [-0.1, -0.05) is 0 Å². The molecule has 0 unspecified atom stereocenters. The van der Waals surface area contributed by atoms with Crippen LogP contribution >= 0.6 is 0 Å². The molecule has 1 aromatic carbocycles. The largest absolute Gasteiger partial charge is 0.490 e. The molecule has 128 valence electrons. The van der Waals surface area contributed by atoms with Gasteiger partial charge in [-0.25, -0.2) is 4.39 Å². The van der Waals surface area contributed by atoms with Crippen molar-refractivity contribution in [1.29, 1.82) is 5.26 Å². The zero-order valence-corrected chi connectivity index (χ0v) is 13.5. The molecule has 1 aliphatic rings. The number of benzene rings is 1. The number of nitriles is 1. The molecule has 0 aliphatic carbocycles. The molecule has 1 aliphatic heterocycles. The first-order chi connectivity index (χ1) is 12.1. The first kappa shape index (κ1) is 16.7. The number of pyridine rings is 1. The number of rotatable bonds is 4. The van der Waals surface area contributed by atoms with E-state index in [-0.39, 0.29) is 11.8 Å². The van der Waals surface area contributed by atoms with Crippen LogP contribution in [0.15, 0.2) is 36.5 Å². The Morgan fingerprint density at radius 1 is 1.32 bits per heavy atom. The fraction of sp³-hybridized carbons (Fsp3) is 0.278. The van der Waals surface area contributed by atoms with Gasteiger partial charge >= 0.3 is 0 Å². The molecule has 2 heterocycles. The first-order valence-electron chi connectivity index (χ1n) is 7.94. The zero-order chi connectivity index (χ0) is 17.8. The van der Waals surface area contributed by atoms with E-state index in [2.05, 4.69) is 9.88 Å². The van der Waals surface area contributed by atoms with Gasteiger partial charge in [0, 0.05) is 38.2 Å². The predicted octanol–water partition coefficient (Wildman–Crippen LogP) is 2.24. The number of hydrogen-bond donors (Lipinski definition) is 1. The average Bonchev–Trinajstić information content (AvgIpc) is 2.62. The molecule has 7 heteroatoms. The molecule has 6 nitrogen and oxygen atoms in total. The van der Waals surface area contributed by atoms with E-state index in [1.807, 2.05) is 6.07 Å². The van der Waals surface area contributed by atoms with Crippen molar-refractivity contribution in [2.24, 2.45) is 5.73 Å². The fourth-order valence-corrected chi connectivity index (χ4v) is 2.90. The lowest BCUT2D eigenvalue weighted by Gasteiger charge is -2.34. The molecule has 1 saturated heterocycles. The van der Waals surface area contributed by atoms with E-state index in [0.29, 0.717) is 24.4 Å². The highest BCUT2D eigenvalue weighted by Crippen LogP contribution is 2.26. The van der Waals surface area contributed by atoms with Crippen LogP contribution in [-0.4, -0.2) is 30.1 Å². The molecule has 0 atom stereocenters. The fourth-order valence-electron chi connectivity index (χ4n) is 2.90. The van der Waals surface area contributed by atoms with Crippen molar-refractivity contribution in [3.05, 3.63) is 53.6 Å². The smallest absolute Gasteiger partial charge is 0.267 e. The minimum atomic E-state index is -0.597. The Morgan fingerprint density at radius 2 is 2.08 bits per heavy atom. The number of piperidine rings is 1. The normalized spacial score (nSPS) is 14.8. The number of carbonyl (C=O) groups excluding carboxylic acids is 1. The first-order valence-corrected chi connectivity index (χ1v) is 7.94. The summed E-state index contributed by atoms with van der Waals surface area (Å²) in [5.41, 5.74) is 6.46. The Balaban J connectivity index is 1.64. The number of aromatic nitrogens is 1. The number of hydrogen-bond acceptors (Lipinski definition) is 5. The van der Waals surface area contributed by atoms with E-state index >= 15 is 0 Å². The molecule has 2 N–H and O–H groups in total. The van der Waals surface area contributed by atoms with E-state index in [0.717, 1.165) is 18.5 Å². The van der Waals surface area contributed by atoms with Gasteiger partial charge in [0.25, 0.3) is 5.91 Å². The summed E-state index contributed by atoms with van der Waals surface area (Å²) in [6, 6.07) is 9.50. The molecule has 0 saturated carbocycles. The number of primary amides is 1.